The van der Waals surface area contributed by atoms with Gasteiger partial charge in [0.25, 0.3) is 0 Å². The molecule has 0 N–H and O–H groups in total. The Bertz CT molecular complexity index is 1000. The molecule has 4 rings (SSSR count). The minimum Gasteiger partial charge on any atom is -0.422 e. The summed E-state index contributed by atoms with van der Waals surface area (Å²) in [7, 11) is -31.1. The van der Waals surface area contributed by atoms with Crippen LogP contribution in [0.4, 0.5) is 0 Å². The quantitative estimate of drug-likeness (QED) is 0.312. The van der Waals surface area contributed by atoms with Gasteiger partial charge in [0.1, 0.15) is 10.5 Å². The van der Waals surface area contributed by atoms with E-state index in [1.54, 1.807) is 0 Å². The molecule has 37 heavy (non-hydrogen) atoms. The predicted molar refractivity (Wildman–Crippen MR) is 152 cm³/mol. The van der Waals surface area contributed by atoms with Crippen LogP contribution >= 0.6 is 0 Å². The smallest absolute Gasteiger partial charge is 0.422 e. The summed E-state index contributed by atoms with van der Waals surface area (Å²) >= 11 is 0. The third-order valence-electron chi connectivity index (χ3n) is 5.35. The fraction of sp³-hybridized carbons (Fsp3) is 0. The first-order valence-corrected chi connectivity index (χ1v) is 25.8. The average Bonchev–Trinajstić information content (AvgIpc) is 2.88. The van der Waals surface area contributed by atoms with Crippen LogP contribution in [-0.4, -0.2) is 81.4 Å². The van der Waals surface area contributed by atoms with Crippen LogP contribution in [0.2, 0.25) is 0 Å². The van der Waals surface area contributed by atoms with E-state index in [0.717, 1.165) is 0 Å². The summed E-state index contributed by atoms with van der Waals surface area (Å²) in [5.74, 6) is 0. The number of rotatable bonds is 9. The topological polar surface area (TPSA) is 111 Å². The molecule has 6 bridgehead atoms. The first-order chi connectivity index (χ1) is 17.5. The fourth-order valence-electron chi connectivity index (χ4n) is 3.65. The van der Waals surface area contributed by atoms with Crippen LogP contribution < -0.4 is 0 Å². The van der Waals surface area contributed by atoms with Gasteiger partial charge in [0, 0.05) is 0 Å². The summed E-state index contributed by atoms with van der Waals surface area (Å²) in [6, 6.07) is 0. The van der Waals surface area contributed by atoms with Gasteiger partial charge in [-0.25, -0.2) is 0 Å². The summed E-state index contributed by atoms with van der Waals surface area (Å²) in [6.07, 6.45) is 0. The summed E-state index contributed by atoms with van der Waals surface area (Å²) in [5.41, 5.74) is 11.2. The van der Waals surface area contributed by atoms with Crippen molar-refractivity contribution in [1.29, 1.82) is 0 Å². The van der Waals surface area contributed by atoms with E-state index < -0.39 is 70.9 Å². The molecule has 21 heteroatoms. The van der Waals surface area contributed by atoms with Crippen LogP contribution in [0.3, 0.4) is 0 Å². The van der Waals surface area contributed by atoms with E-state index in [2.05, 4.69) is 52.6 Å². The lowest BCUT2D eigenvalue weighted by Gasteiger charge is -2.56. The van der Waals surface area contributed by atoms with Gasteiger partial charge in [-0.2, -0.15) is 0 Å². The largest absolute Gasteiger partial charge is 0.507 e. The van der Waals surface area contributed by atoms with Crippen molar-refractivity contribution in [3.63, 3.8) is 0 Å². The molecule has 4 fully saturated rings. The molecule has 0 saturated carbocycles. The normalized spacial score (nSPS) is 49.0. The van der Waals surface area contributed by atoms with Crippen molar-refractivity contribution in [3.05, 3.63) is 98.2 Å². The molecule has 4 unspecified atom stereocenters. The van der Waals surface area contributed by atoms with E-state index in [1.807, 2.05) is 0 Å². The molecule has 12 nitrogen and oxygen atoms in total. The van der Waals surface area contributed by atoms with Crippen molar-refractivity contribution in [2.45, 2.75) is 0 Å². The van der Waals surface area contributed by atoms with Gasteiger partial charge in [-0.1, -0.05) is 5.70 Å². The van der Waals surface area contributed by atoms with Crippen molar-refractivity contribution in [3.8, 4) is 0 Å². The molecule has 4 atom stereocenters. The van der Waals surface area contributed by atoms with Gasteiger partial charge in [0.15, 0.2) is 0 Å². The molecule has 4 aliphatic rings. The minimum atomic E-state index is -4.13. The lowest BCUT2D eigenvalue weighted by molar-refractivity contribution is 0.0270. The molecule has 0 radical (unpaired) electrons. The zero-order valence-corrected chi connectivity index (χ0v) is 30.4. The maximum atomic E-state index is 6.58. The van der Waals surface area contributed by atoms with Gasteiger partial charge in [0.05, 0.1) is 0 Å². The highest BCUT2D eigenvalue weighted by Gasteiger charge is 2.77. The van der Waals surface area contributed by atoms with E-state index in [9.17, 15) is 0 Å². The molecule has 0 spiro atoms. The van der Waals surface area contributed by atoms with Crippen LogP contribution in [0.1, 0.15) is 0 Å². The number of hydrogen-bond acceptors (Lipinski definition) is 12. The van der Waals surface area contributed by atoms with Crippen molar-refractivity contribution in [2.24, 2.45) is 0 Å². The Morgan fingerprint density at radius 3 is 1.00 bits per heavy atom. The third-order valence-corrected chi connectivity index (χ3v) is 36.5. The van der Waals surface area contributed by atoms with Gasteiger partial charge >= 0.3 is 70.9 Å². The highest BCUT2D eigenvalue weighted by molar-refractivity contribution is 7.04. The van der Waals surface area contributed by atoms with Crippen molar-refractivity contribution < 1.29 is 49.4 Å². The molecular formula is C16H28O12Si9. The summed E-state index contributed by atoms with van der Waals surface area (Å²) < 4.78 is 77.7. The molecule has 0 aromatic heterocycles. The molecule has 0 aliphatic carbocycles. The van der Waals surface area contributed by atoms with Crippen LogP contribution in [0.15, 0.2) is 98.2 Å². The van der Waals surface area contributed by atoms with Crippen molar-refractivity contribution >= 4 is 81.4 Å². The second-order valence-corrected chi connectivity index (χ2v) is 31.0. The minimum absolute atomic E-state index is 0.180. The maximum absolute atomic E-state index is 6.58. The van der Waals surface area contributed by atoms with Crippen molar-refractivity contribution in [2.75, 3.05) is 0 Å². The summed E-state index contributed by atoms with van der Waals surface area (Å²) in [5, 5.41) is 0. The molecule has 4 aliphatic heterocycles. The monoisotopic (exact) mass is 664 g/mol. The van der Waals surface area contributed by atoms with Gasteiger partial charge in [-0.15, -0.1) is 52.6 Å². The Hall–Kier alpha value is -0.608. The van der Waals surface area contributed by atoms with Crippen LogP contribution in [0, 0.1) is 0 Å². The molecule has 200 valence electrons. The number of fused-ring (bicyclic) bond motifs is 4. The molecule has 4 heterocycles. The second kappa shape index (κ2) is 10.1. The number of hydrogen-bond donors (Lipinski definition) is 0. The van der Waals surface area contributed by atoms with E-state index in [-0.39, 0.29) is 10.5 Å². The zero-order valence-electron chi connectivity index (χ0n) is 20.3. The Kier molecular flexibility index (Phi) is 8.02. The molecule has 0 aromatic rings. The van der Waals surface area contributed by atoms with E-state index in [4.69, 9.17) is 49.4 Å². The first-order valence-electron chi connectivity index (χ1n) is 10.8. The zero-order chi connectivity index (χ0) is 27.2. The third kappa shape index (κ3) is 4.94. The lowest BCUT2D eigenvalue weighted by Crippen LogP contribution is -2.83. The highest BCUT2D eigenvalue weighted by Crippen LogP contribution is 2.45. The molecule has 0 aromatic carbocycles. The van der Waals surface area contributed by atoms with E-state index in [0.29, 0.717) is 0 Å². The van der Waals surface area contributed by atoms with Gasteiger partial charge in [-0.05, 0) is 39.9 Å². The average molecular weight is 665 g/mol. The molecule has 4 saturated heterocycles. The molecular weight excluding hydrogens is 637 g/mol. The summed E-state index contributed by atoms with van der Waals surface area (Å²) in [4.78, 5) is 0. The standard InChI is InChI=1S/C16H28O12Si9/c1-9-30-18-32(11-3)22-34(13-5)20-31(10-2,17-29)21-35(14-6)23-33(12-4,19-30)25-36(15-7,24-32)28-37(16-8,26-34)27-35/h9-16,30H,1-8H2,29H3. The first kappa shape index (κ1) is 29.4. The Labute approximate surface area is 228 Å². The van der Waals surface area contributed by atoms with Crippen LogP contribution in [0.5, 0.6) is 0 Å². The Balaban J connectivity index is 2.13. The van der Waals surface area contributed by atoms with Crippen molar-refractivity contribution in [1.82, 2.24) is 0 Å². The SMILES string of the molecule is C=C[SiH]1O[Si]2(C=C)O[Si]3(C=C)O[Si](C=C)(O[SiH3])O[Si]4(C=C)O[Si](C=C)(O1)O[Si](C=C)(O2)O[Si](C=C)(O3)O4. The highest BCUT2D eigenvalue weighted by atomic mass is 28.6. The molecule has 0 amide bonds. The lowest BCUT2D eigenvalue weighted by atomic mass is 11.3. The Morgan fingerprint density at radius 2 is 0.757 bits per heavy atom. The van der Waals surface area contributed by atoms with Gasteiger partial charge in [0.2, 0.25) is 0 Å². The van der Waals surface area contributed by atoms with E-state index in [1.165, 1.54) is 45.6 Å². The van der Waals surface area contributed by atoms with Crippen LogP contribution in [0.25, 0.3) is 0 Å². The predicted octanol–water partition coefficient (Wildman–Crippen LogP) is 0.115. The summed E-state index contributed by atoms with van der Waals surface area (Å²) in [6.45, 7) is 31.2. The maximum Gasteiger partial charge on any atom is 0.507 e. The van der Waals surface area contributed by atoms with Gasteiger partial charge in [-0.3, -0.25) is 0 Å². The van der Waals surface area contributed by atoms with Crippen LogP contribution in [-0.2, 0) is 49.4 Å². The fourth-order valence-corrected chi connectivity index (χ4v) is 42.1. The van der Waals surface area contributed by atoms with Gasteiger partial charge < -0.3 is 49.4 Å². The second-order valence-electron chi connectivity index (χ2n) is 7.62. The van der Waals surface area contributed by atoms with E-state index >= 15 is 0 Å². The Morgan fingerprint density at radius 1 is 0.459 bits per heavy atom.